The van der Waals surface area contributed by atoms with Gasteiger partial charge in [-0.15, -0.1) is 17.0 Å². The van der Waals surface area contributed by atoms with Crippen LogP contribution in [0.1, 0.15) is 10.4 Å². The number of rotatable bonds is 3. The maximum absolute atomic E-state index is 11.7. The summed E-state index contributed by atoms with van der Waals surface area (Å²) < 4.78 is 1.89. The average molecular weight is 285 g/mol. The summed E-state index contributed by atoms with van der Waals surface area (Å²) in [4.78, 5) is 11.7. The Morgan fingerprint density at radius 2 is 2.00 bits per heavy atom. The maximum atomic E-state index is 11.7. The molecule has 0 aliphatic heterocycles. The molecule has 0 saturated heterocycles. The van der Waals surface area contributed by atoms with Gasteiger partial charge in [-0.2, -0.15) is 4.57 Å². The molecule has 2 nitrogen and oxygen atoms in total. The Morgan fingerprint density at radius 1 is 1.27 bits per heavy atom. The molecule has 0 aliphatic rings. The van der Waals surface area contributed by atoms with Crippen LogP contribution < -0.4 is 4.57 Å². The monoisotopic (exact) mass is 284 g/mol. The lowest BCUT2D eigenvalue weighted by Gasteiger charge is -1.94. The number of ketones is 1. The number of benzene rings is 1. The van der Waals surface area contributed by atoms with Gasteiger partial charge in [0.2, 0.25) is 17.8 Å². The number of carbonyl (C=O) groups is 1. The van der Waals surface area contributed by atoms with Crippen molar-refractivity contribution in [3.8, 4) is 0 Å². The number of aromatic nitrogens is 1. The summed E-state index contributed by atoms with van der Waals surface area (Å²) in [5.74, 6) is 0.147. The second-order valence-electron chi connectivity index (χ2n) is 2.99. The van der Waals surface area contributed by atoms with E-state index >= 15 is 0 Å². The fourth-order valence-electron chi connectivity index (χ4n) is 1.23. The van der Waals surface area contributed by atoms with Crippen LogP contribution in [0.25, 0.3) is 0 Å². The molecule has 1 aromatic carbocycles. The molecule has 0 bridgehead atoms. The van der Waals surface area contributed by atoms with Crippen molar-refractivity contribution in [3.63, 3.8) is 0 Å². The van der Waals surface area contributed by atoms with Crippen LogP contribution in [0, 0.1) is 0 Å². The van der Waals surface area contributed by atoms with Crippen molar-refractivity contribution in [2.24, 2.45) is 0 Å². The third-order valence-corrected chi connectivity index (χ3v) is 2.62. The number of hydrogen-bond acceptors (Lipinski definition) is 2. The Hall–Kier alpha value is -1.00. The number of hydrogen-bond donors (Lipinski definition) is 0. The lowest BCUT2D eigenvalue weighted by atomic mass is 10.1. The molecular weight excluding hydrogens is 274 g/mol. The summed E-state index contributed by atoms with van der Waals surface area (Å²) in [6, 6.07) is 9.36. The molecule has 1 heterocycles. The summed E-state index contributed by atoms with van der Waals surface area (Å²) in [5.41, 5.74) is 2.70. The van der Waals surface area contributed by atoms with E-state index in [-0.39, 0.29) is 22.8 Å². The predicted octanol–water partition coefficient (Wildman–Crippen LogP) is 2.50. The summed E-state index contributed by atoms with van der Waals surface area (Å²) >= 11 is 1.59. The van der Waals surface area contributed by atoms with E-state index in [2.05, 4.69) is 0 Å². The van der Waals surface area contributed by atoms with E-state index in [1.54, 1.807) is 11.3 Å². The largest absolute Gasteiger partial charge is 0.287 e. The number of carbonyl (C=O) groups excluding carboxylic acids is 1. The number of Topliss-reactive ketones (excluding diaryl/α,β-unsaturated/α-hetero) is 1. The first kappa shape index (κ1) is 12.1. The van der Waals surface area contributed by atoms with Crippen LogP contribution in [0.4, 0.5) is 0 Å². The van der Waals surface area contributed by atoms with E-state index in [1.165, 1.54) is 0 Å². The smallest absolute Gasteiger partial charge is 0.227 e. The molecule has 1 aromatic heterocycles. The number of halogens is 1. The lowest BCUT2D eigenvalue weighted by molar-refractivity contribution is -0.678. The zero-order valence-corrected chi connectivity index (χ0v) is 10.5. The second-order valence-corrected chi connectivity index (χ2v) is 3.74. The Morgan fingerprint density at radius 3 is 2.60 bits per heavy atom. The van der Waals surface area contributed by atoms with Gasteiger partial charge in [0, 0.05) is 5.56 Å². The van der Waals surface area contributed by atoms with E-state index in [4.69, 9.17) is 0 Å². The van der Waals surface area contributed by atoms with Gasteiger partial charge >= 0.3 is 0 Å². The van der Waals surface area contributed by atoms with Gasteiger partial charge < -0.3 is 0 Å². The van der Waals surface area contributed by atoms with Gasteiger partial charge in [0.15, 0.2) is 6.20 Å². The molecule has 2 rings (SSSR count). The molecule has 0 unspecified atom stereocenters. The minimum atomic E-state index is 0. The summed E-state index contributed by atoms with van der Waals surface area (Å²) in [6.07, 6.45) is 1.91. The molecule has 4 heteroatoms. The predicted molar refractivity (Wildman–Crippen MR) is 65.6 cm³/mol. The standard InChI is InChI=1S/C11H10NOS.BrH/c13-11(8-12-6-7-14-9-12)10-4-2-1-3-5-10;/h1-7,9H,8H2;1H/q+1;. The van der Waals surface area contributed by atoms with Crippen LogP contribution in [-0.2, 0) is 6.54 Å². The summed E-state index contributed by atoms with van der Waals surface area (Å²) in [7, 11) is 0. The fraction of sp³-hybridized carbons (Fsp3) is 0.0909. The van der Waals surface area contributed by atoms with E-state index < -0.39 is 0 Å². The van der Waals surface area contributed by atoms with Crippen molar-refractivity contribution in [1.29, 1.82) is 0 Å². The van der Waals surface area contributed by atoms with E-state index in [1.807, 2.05) is 52.0 Å². The van der Waals surface area contributed by atoms with E-state index in [0.717, 1.165) is 5.56 Å². The molecule has 2 aromatic rings. The Bertz CT molecular complexity index is 413. The third kappa shape index (κ3) is 3.25. The SMILES string of the molecule is Br.O=C(C[n+]1ccsc1)c1ccccc1. The molecule has 78 valence electrons. The van der Waals surface area contributed by atoms with Gasteiger partial charge in [-0.05, 0) is 0 Å². The van der Waals surface area contributed by atoms with Crippen LogP contribution >= 0.6 is 28.3 Å². The van der Waals surface area contributed by atoms with Crippen molar-refractivity contribution in [1.82, 2.24) is 0 Å². The first-order chi connectivity index (χ1) is 6.86. The Labute approximate surface area is 103 Å². The Kier molecular flexibility index (Phi) is 4.65. The fourth-order valence-corrected chi connectivity index (χ4v) is 1.83. The first-order valence-corrected chi connectivity index (χ1v) is 5.30. The van der Waals surface area contributed by atoms with Crippen molar-refractivity contribution >= 4 is 34.1 Å². The summed E-state index contributed by atoms with van der Waals surface area (Å²) in [5, 5.41) is 1.96. The van der Waals surface area contributed by atoms with Crippen molar-refractivity contribution in [3.05, 3.63) is 53.0 Å². The molecule has 0 radical (unpaired) electrons. The Balaban J connectivity index is 0.00000112. The zero-order valence-electron chi connectivity index (χ0n) is 8.00. The van der Waals surface area contributed by atoms with Gasteiger partial charge in [0.05, 0.1) is 5.38 Å². The highest BCUT2D eigenvalue weighted by Gasteiger charge is 2.10. The summed E-state index contributed by atoms with van der Waals surface area (Å²) in [6.45, 7) is 0.424. The topological polar surface area (TPSA) is 20.9 Å². The molecule has 0 N–H and O–H groups in total. The highest BCUT2D eigenvalue weighted by Crippen LogP contribution is 2.00. The minimum Gasteiger partial charge on any atom is -0.287 e. The molecule has 0 fully saturated rings. The number of nitrogens with zero attached hydrogens (tertiary/aromatic N) is 1. The molecule has 0 atom stereocenters. The molecule has 0 amide bonds. The third-order valence-electron chi connectivity index (χ3n) is 1.95. The number of thiazole rings is 1. The highest BCUT2D eigenvalue weighted by atomic mass is 79.9. The maximum Gasteiger partial charge on any atom is 0.227 e. The van der Waals surface area contributed by atoms with Crippen molar-refractivity contribution in [2.75, 3.05) is 0 Å². The van der Waals surface area contributed by atoms with Crippen LogP contribution in [0.15, 0.2) is 47.4 Å². The van der Waals surface area contributed by atoms with E-state index in [9.17, 15) is 4.79 Å². The first-order valence-electron chi connectivity index (χ1n) is 4.36. The van der Waals surface area contributed by atoms with Gasteiger partial charge in [-0.1, -0.05) is 41.7 Å². The molecule has 15 heavy (non-hydrogen) atoms. The van der Waals surface area contributed by atoms with Crippen LogP contribution in [0.3, 0.4) is 0 Å². The molecular formula is C11H11BrNOS+. The van der Waals surface area contributed by atoms with Gasteiger partial charge in [0.1, 0.15) is 0 Å². The second kappa shape index (κ2) is 5.78. The van der Waals surface area contributed by atoms with Crippen molar-refractivity contribution < 1.29 is 9.36 Å². The quantitative estimate of drug-likeness (QED) is 0.627. The molecule has 0 saturated carbocycles. The molecule has 0 aliphatic carbocycles. The highest BCUT2D eigenvalue weighted by molar-refractivity contribution is 8.93. The lowest BCUT2D eigenvalue weighted by Crippen LogP contribution is -2.34. The van der Waals surface area contributed by atoms with Crippen LogP contribution in [0.2, 0.25) is 0 Å². The van der Waals surface area contributed by atoms with E-state index in [0.29, 0.717) is 6.54 Å². The van der Waals surface area contributed by atoms with Gasteiger partial charge in [-0.25, -0.2) is 0 Å². The molecule has 0 spiro atoms. The van der Waals surface area contributed by atoms with Crippen LogP contribution in [0.5, 0.6) is 0 Å². The van der Waals surface area contributed by atoms with Gasteiger partial charge in [-0.3, -0.25) is 4.79 Å². The zero-order chi connectivity index (χ0) is 9.80. The van der Waals surface area contributed by atoms with Crippen molar-refractivity contribution in [2.45, 2.75) is 6.54 Å². The minimum absolute atomic E-state index is 0. The van der Waals surface area contributed by atoms with Crippen LogP contribution in [-0.4, -0.2) is 5.78 Å². The normalized spacial score (nSPS) is 9.33. The van der Waals surface area contributed by atoms with Gasteiger partial charge in [0.25, 0.3) is 0 Å². The average Bonchev–Trinajstić information content (AvgIpc) is 2.72.